The summed E-state index contributed by atoms with van der Waals surface area (Å²) in [4.78, 5) is 12.8. The molecular formula is C16H12N2O2. The van der Waals surface area contributed by atoms with E-state index in [-0.39, 0.29) is 5.78 Å². The van der Waals surface area contributed by atoms with Crippen molar-refractivity contribution in [2.24, 2.45) is 0 Å². The first-order valence-corrected chi connectivity index (χ1v) is 6.25. The maximum atomic E-state index is 12.8. The van der Waals surface area contributed by atoms with Crippen LogP contribution in [0.3, 0.4) is 0 Å². The molecule has 4 nitrogen and oxygen atoms in total. The molecule has 2 atom stereocenters. The topological polar surface area (TPSA) is 73.1 Å². The number of aliphatic hydroxyl groups excluding tert-OH is 1. The number of nitrogens with zero attached hydrogens (tertiary/aromatic N) is 1. The number of nitriles is 1. The molecule has 2 aromatic rings. The zero-order chi connectivity index (χ0) is 14.2. The second-order valence-electron chi connectivity index (χ2n) is 4.71. The molecule has 0 saturated heterocycles. The second kappa shape index (κ2) is 4.48. The first-order valence-electron chi connectivity index (χ1n) is 6.25. The number of ketones is 1. The van der Waals surface area contributed by atoms with Gasteiger partial charge in [0.2, 0.25) is 0 Å². The number of carbonyl (C=O) groups excluding carboxylic acids is 1. The van der Waals surface area contributed by atoms with E-state index in [9.17, 15) is 15.2 Å². The van der Waals surface area contributed by atoms with E-state index >= 15 is 0 Å². The summed E-state index contributed by atoms with van der Waals surface area (Å²) in [5.74, 6) is -0.381. The Morgan fingerprint density at radius 2 is 1.75 bits per heavy atom. The predicted octanol–water partition coefficient (Wildman–Crippen LogP) is 2.07. The van der Waals surface area contributed by atoms with Gasteiger partial charge in [0.15, 0.2) is 17.4 Å². The quantitative estimate of drug-likeness (QED) is 0.827. The van der Waals surface area contributed by atoms with Crippen LogP contribution in [0.25, 0.3) is 0 Å². The van der Waals surface area contributed by atoms with E-state index in [4.69, 9.17) is 0 Å². The van der Waals surface area contributed by atoms with E-state index in [1.807, 2.05) is 6.07 Å². The van der Waals surface area contributed by atoms with E-state index in [0.29, 0.717) is 16.8 Å². The lowest BCUT2D eigenvalue weighted by Crippen LogP contribution is -2.52. The number of carbonyl (C=O) groups is 1. The van der Waals surface area contributed by atoms with Gasteiger partial charge in [-0.2, -0.15) is 5.26 Å². The Bertz CT molecular complexity index is 706. The summed E-state index contributed by atoms with van der Waals surface area (Å²) >= 11 is 0. The van der Waals surface area contributed by atoms with Crippen LogP contribution in [-0.4, -0.2) is 17.1 Å². The van der Waals surface area contributed by atoms with Gasteiger partial charge in [-0.15, -0.1) is 0 Å². The van der Waals surface area contributed by atoms with Crippen LogP contribution in [0.5, 0.6) is 0 Å². The van der Waals surface area contributed by atoms with E-state index in [2.05, 4.69) is 5.32 Å². The van der Waals surface area contributed by atoms with Gasteiger partial charge in [0, 0.05) is 11.3 Å². The fraction of sp³-hybridized carbons (Fsp3) is 0.125. The standard InChI is InChI=1S/C16H12N2O2/c17-10-16(11-6-2-1-3-7-11)14(19)12-8-4-5-9-13(12)18-15(16)20/h1-9,15,18,20H/t15-,16+/m0/s1. The van der Waals surface area contributed by atoms with E-state index in [1.165, 1.54) is 0 Å². The maximum Gasteiger partial charge on any atom is 0.194 e. The molecule has 0 radical (unpaired) electrons. The SMILES string of the molecule is N#C[C@@]1(c2ccccc2)C(=O)c2ccccc2N[C@H]1O. The van der Waals surface area contributed by atoms with Gasteiger partial charge in [-0.1, -0.05) is 42.5 Å². The fourth-order valence-electron chi connectivity index (χ4n) is 2.57. The lowest BCUT2D eigenvalue weighted by molar-refractivity contribution is 0.0729. The highest BCUT2D eigenvalue weighted by Gasteiger charge is 2.51. The monoisotopic (exact) mass is 264 g/mol. The largest absolute Gasteiger partial charge is 0.371 e. The van der Waals surface area contributed by atoms with Crippen molar-refractivity contribution in [3.63, 3.8) is 0 Å². The third-order valence-electron chi connectivity index (χ3n) is 3.64. The van der Waals surface area contributed by atoms with Crippen molar-refractivity contribution in [3.8, 4) is 6.07 Å². The van der Waals surface area contributed by atoms with Crippen LogP contribution >= 0.6 is 0 Å². The van der Waals surface area contributed by atoms with Crippen LogP contribution in [-0.2, 0) is 5.41 Å². The summed E-state index contributed by atoms with van der Waals surface area (Å²) in [6.07, 6.45) is -1.28. The van der Waals surface area contributed by atoms with E-state index < -0.39 is 11.6 Å². The Morgan fingerprint density at radius 3 is 2.45 bits per heavy atom. The Kier molecular flexibility index (Phi) is 2.78. The van der Waals surface area contributed by atoms with Crippen LogP contribution in [0, 0.1) is 11.3 Å². The zero-order valence-corrected chi connectivity index (χ0v) is 10.6. The first-order chi connectivity index (χ1) is 9.70. The smallest absolute Gasteiger partial charge is 0.194 e. The molecule has 3 rings (SSSR count). The molecule has 0 spiro atoms. The minimum Gasteiger partial charge on any atom is -0.371 e. The number of fused-ring (bicyclic) bond motifs is 1. The van der Waals surface area contributed by atoms with Gasteiger partial charge in [-0.05, 0) is 17.7 Å². The minimum absolute atomic E-state index is 0.381. The van der Waals surface area contributed by atoms with Gasteiger partial charge in [-0.3, -0.25) is 4.79 Å². The van der Waals surface area contributed by atoms with Crippen molar-refractivity contribution in [2.75, 3.05) is 5.32 Å². The van der Waals surface area contributed by atoms with Gasteiger partial charge >= 0.3 is 0 Å². The normalized spacial score (nSPS) is 24.4. The molecule has 98 valence electrons. The van der Waals surface area contributed by atoms with Gasteiger partial charge in [0.25, 0.3) is 0 Å². The Hall–Kier alpha value is -2.64. The molecule has 4 heteroatoms. The number of hydrogen-bond donors (Lipinski definition) is 2. The Balaban J connectivity index is 2.23. The number of anilines is 1. The molecule has 20 heavy (non-hydrogen) atoms. The van der Waals surface area contributed by atoms with Crippen molar-refractivity contribution in [2.45, 2.75) is 11.6 Å². The molecule has 0 bridgehead atoms. The molecule has 0 aromatic heterocycles. The molecule has 2 N–H and O–H groups in total. The van der Waals surface area contributed by atoms with Crippen LogP contribution in [0.2, 0.25) is 0 Å². The summed E-state index contributed by atoms with van der Waals surface area (Å²) < 4.78 is 0. The average Bonchev–Trinajstić information content (AvgIpc) is 2.49. The predicted molar refractivity (Wildman–Crippen MR) is 74.1 cm³/mol. The van der Waals surface area contributed by atoms with Crippen LogP contribution in [0.15, 0.2) is 54.6 Å². The molecule has 0 amide bonds. The lowest BCUT2D eigenvalue weighted by Gasteiger charge is -2.36. The third-order valence-corrected chi connectivity index (χ3v) is 3.64. The number of rotatable bonds is 1. The van der Waals surface area contributed by atoms with E-state index in [0.717, 1.165) is 0 Å². The van der Waals surface area contributed by atoms with Crippen molar-refractivity contribution >= 4 is 11.5 Å². The number of Topliss-reactive ketones (excluding diaryl/α,β-unsaturated/α-hetero) is 1. The average molecular weight is 264 g/mol. The van der Waals surface area contributed by atoms with Gasteiger partial charge in [0.1, 0.15) is 0 Å². The molecule has 0 aliphatic carbocycles. The number of aliphatic hydroxyl groups is 1. The summed E-state index contributed by atoms with van der Waals surface area (Å²) in [5, 5.41) is 22.8. The highest BCUT2D eigenvalue weighted by Crippen LogP contribution is 2.38. The molecule has 1 aliphatic rings. The fourth-order valence-corrected chi connectivity index (χ4v) is 2.57. The summed E-state index contributed by atoms with van der Waals surface area (Å²) in [7, 11) is 0. The number of para-hydroxylation sites is 1. The van der Waals surface area contributed by atoms with Crippen molar-refractivity contribution in [3.05, 3.63) is 65.7 Å². The second-order valence-corrected chi connectivity index (χ2v) is 4.71. The summed E-state index contributed by atoms with van der Waals surface area (Å²) in [5.41, 5.74) is -0.160. The van der Waals surface area contributed by atoms with Crippen molar-refractivity contribution in [1.29, 1.82) is 5.26 Å². The summed E-state index contributed by atoms with van der Waals surface area (Å²) in [6, 6.07) is 17.5. The number of benzene rings is 2. The van der Waals surface area contributed by atoms with E-state index in [1.54, 1.807) is 54.6 Å². The molecule has 0 saturated carbocycles. The molecule has 0 fully saturated rings. The van der Waals surface area contributed by atoms with Crippen molar-refractivity contribution in [1.82, 2.24) is 0 Å². The Labute approximate surface area is 116 Å². The van der Waals surface area contributed by atoms with Crippen LogP contribution < -0.4 is 5.32 Å². The molecule has 0 unspecified atom stereocenters. The van der Waals surface area contributed by atoms with Gasteiger partial charge in [0.05, 0.1) is 6.07 Å². The summed E-state index contributed by atoms with van der Waals surface area (Å²) in [6.45, 7) is 0. The van der Waals surface area contributed by atoms with Gasteiger partial charge < -0.3 is 10.4 Å². The van der Waals surface area contributed by atoms with Crippen LogP contribution in [0.4, 0.5) is 5.69 Å². The highest BCUT2D eigenvalue weighted by molar-refractivity contribution is 6.12. The van der Waals surface area contributed by atoms with Crippen molar-refractivity contribution < 1.29 is 9.90 Å². The zero-order valence-electron chi connectivity index (χ0n) is 10.6. The van der Waals surface area contributed by atoms with Crippen LogP contribution in [0.1, 0.15) is 15.9 Å². The molecule has 1 aliphatic heterocycles. The Morgan fingerprint density at radius 1 is 1.10 bits per heavy atom. The number of nitrogens with one attached hydrogen (secondary N) is 1. The lowest BCUT2D eigenvalue weighted by atomic mass is 9.71. The first kappa shape index (κ1) is 12.4. The molecule has 1 heterocycles. The maximum absolute atomic E-state index is 12.8. The molecular weight excluding hydrogens is 252 g/mol. The number of hydrogen-bond acceptors (Lipinski definition) is 4. The third kappa shape index (κ3) is 1.54. The minimum atomic E-state index is -1.62. The van der Waals surface area contributed by atoms with Gasteiger partial charge in [-0.25, -0.2) is 0 Å². The molecule has 2 aromatic carbocycles. The highest BCUT2D eigenvalue weighted by atomic mass is 16.3.